The van der Waals surface area contributed by atoms with Gasteiger partial charge in [0.05, 0.1) is 18.8 Å². The van der Waals surface area contributed by atoms with Crippen molar-refractivity contribution in [3.63, 3.8) is 0 Å². The highest BCUT2D eigenvalue weighted by atomic mass is 16.6. The van der Waals surface area contributed by atoms with Crippen molar-refractivity contribution in [2.24, 2.45) is 0 Å². The molecule has 4 rings (SSSR count). The van der Waals surface area contributed by atoms with Crippen LogP contribution in [-0.2, 0) is 19.0 Å². The number of hydrogen-bond donors (Lipinski definition) is 1. The van der Waals surface area contributed by atoms with Crippen molar-refractivity contribution in [2.75, 3.05) is 13.7 Å². The van der Waals surface area contributed by atoms with E-state index in [4.69, 9.17) is 14.2 Å². The summed E-state index contributed by atoms with van der Waals surface area (Å²) in [6, 6.07) is 16.4. The highest BCUT2D eigenvalue weighted by Gasteiger charge is 2.49. The molecule has 0 aliphatic heterocycles. The molecule has 0 heterocycles. The minimum absolute atomic E-state index is 0.0391. The second-order valence-corrected chi connectivity index (χ2v) is 9.62. The Labute approximate surface area is 189 Å². The largest absolute Gasteiger partial charge is 0.467 e. The molecule has 2 aromatic carbocycles. The van der Waals surface area contributed by atoms with E-state index in [0.717, 1.165) is 11.1 Å². The Kier molecular flexibility index (Phi) is 5.99. The first-order valence-corrected chi connectivity index (χ1v) is 11.1. The third-order valence-electron chi connectivity index (χ3n) is 6.25. The molecule has 0 radical (unpaired) electrons. The number of nitrogens with one attached hydrogen (secondary N) is 1. The van der Waals surface area contributed by atoms with Crippen LogP contribution in [0.15, 0.2) is 48.5 Å². The zero-order valence-electron chi connectivity index (χ0n) is 19.1. The molecule has 0 aromatic heterocycles. The lowest BCUT2D eigenvalue weighted by molar-refractivity contribution is -0.149. The van der Waals surface area contributed by atoms with Crippen LogP contribution in [0.4, 0.5) is 4.79 Å². The molecule has 1 fully saturated rings. The standard InChI is InChI=1S/C26H31NO5/c1-25(2,3)32-17-13-14-26(15-17,23(28)30-4)27-24(29)31-16-22-20-11-7-5-9-18(20)19-10-6-8-12-21(19)22/h5-12,17,22H,13-16H2,1-4H3,(H,27,29). The zero-order valence-corrected chi connectivity index (χ0v) is 19.1. The summed E-state index contributed by atoms with van der Waals surface area (Å²) in [5.41, 5.74) is 3.16. The average Bonchev–Trinajstić information content (AvgIpc) is 3.30. The third-order valence-corrected chi connectivity index (χ3v) is 6.25. The van der Waals surface area contributed by atoms with Gasteiger partial charge in [-0.3, -0.25) is 0 Å². The van der Waals surface area contributed by atoms with Crippen molar-refractivity contribution >= 4 is 12.1 Å². The van der Waals surface area contributed by atoms with E-state index >= 15 is 0 Å². The first-order valence-electron chi connectivity index (χ1n) is 11.1. The van der Waals surface area contributed by atoms with Crippen LogP contribution in [0.2, 0.25) is 0 Å². The van der Waals surface area contributed by atoms with E-state index < -0.39 is 17.6 Å². The van der Waals surface area contributed by atoms with Gasteiger partial charge in [-0.05, 0) is 55.9 Å². The van der Waals surface area contributed by atoms with E-state index in [1.165, 1.54) is 18.2 Å². The van der Waals surface area contributed by atoms with Gasteiger partial charge < -0.3 is 19.5 Å². The second kappa shape index (κ2) is 8.58. The van der Waals surface area contributed by atoms with Crippen LogP contribution < -0.4 is 5.32 Å². The topological polar surface area (TPSA) is 73.9 Å². The fraction of sp³-hybridized carbons (Fsp3) is 0.462. The molecule has 6 nitrogen and oxygen atoms in total. The summed E-state index contributed by atoms with van der Waals surface area (Å²) in [6.07, 6.45) is 0.721. The summed E-state index contributed by atoms with van der Waals surface area (Å²) in [6.45, 7) is 6.12. The number of alkyl carbamates (subject to hydrolysis) is 1. The zero-order chi connectivity index (χ0) is 22.9. The summed E-state index contributed by atoms with van der Waals surface area (Å²) >= 11 is 0. The van der Waals surface area contributed by atoms with Gasteiger partial charge in [-0.2, -0.15) is 0 Å². The molecule has 1 N–H and O–H groups in total. The molecular weight excluding hydrogens is 406 g/mol. The second-order valence-electron chi connectivity index (χ2n) is 9.62. The number of benzene rings is 2. The SMILES string of the molecule is COC(=O)C1(NC(=O)OCC2c3ccccc3-c3ccccc32)CCC(OC(C)(C)C)C1. The predicted molar refractivity (Wildman–Crippen MR) is 121 cm³/mol. The fourth-order valence-electron chi connectivity index (χ4n) is 4.98. The number of amides is 1. The Morgan fingerprint density at radius 3 is 2.19 bits per heavy atom. The number of ether oxygens (including phenoxy) is 3. The van der Waals surface area contributed by atoms with Gasteiger partial charge in [0, 0.05) is 12.3 Å². The lowest BCUT2D eigenvalue weighted by atomic mass is 9.97. The molecule has 6 heteroatoms. The Morgan fingerprint density at radius 2 is 1.62 bits per heavy atom. The fourth-order valence-corrected chi connectivity index (χ4v) is 4.98. The Balaban J connectivity index is 1.45. The highest BCUT2D eigenvalue weighted by molar-refractivity contribution is 5.86. The van der Waals surface area contributed by atoms with Crippen molar-refractivity contribution < 1.29 is 23.8 Å². The molecule has 0 bridgehead atoms. The number of hydrogen-bond acceptors (Lipinski definition) is 5. The van der Waals surface area contributed by atoms with Crippen LogP contribution in [0, 0.1) is 0 Å². The summed E-state index contributed by atoms with van der Waals surface area (Å²) < 4.78 is 16.7. The summed E-state index contributed by atoms with van der Waals surface area (Å²) in [7, 11) is 1.33. The maximum atomic E-state index is 12.8. The van der Waals surface area contributed by atoms with Crippen LogP contribution in [0.1, 0.15) is 57.1 Å². The number of esters is 1. The lowest BCUT2D eigenvalue weighted by Crippen LogP contribution is -2.54. The van der Waals surface area contributed by atoms with Crippen LogP contribution in [0.5, 0.6) is 0 Å². The van der Waals surface area contributed by atoms with Crippen LogP contribution in [0.3, 0.4) is 0 Å². The number of rotatable bonds is 5. The van der Waals surface area contributed by atoms with Crippen LogP contribution in [0.25, 0.3) is 11.1 Å². The molecule has 2 unspecified atom stereocenters. The molecule has 2 aliphatic rings. The van der Waals surface area contributed by atoms with E-state index in [0.29, 0.717) is 19.3 Å². The summed E-state index contributed by atoms with van der Waals surface area (Å²) in [5.74, 6) is -0.506. The minimum Gasteiger partial charge on any atom is -0.467 e. The maximum Gasteiger partial charge on any atom is 0.408 e. The predicted octanol–water partition coefficient (Wildman–Crippen LogP) is 4.80. The normalized spacial score (nSPS) is 22.2. The number of methoxy groups -OCH3 is 1. The molecule has 2 aromatic rings. The molecule has 32 heavy (non-hydrogen) atoms. The number of fused-ring (bicyclic) bond motifs is 3. The average molecular weight is 438 g/mol. The number of carbonyl (C=O) groups excluding carboxylic acids is 2. The van der Waals surface area contributed by atoms with Gasteiger partial charge in [0.2, 0.25) is 0 Å². The van der Waals surface area contributed by atoms with Crippen molar-refractivity contribution in [3.05, 3.63) is 59.7 Å². The maximum absolute atomic E-state index is 12.8. The van der Waals surface area contributed by atoms with Crippen molar-refractivity contribution in [1.82, 2.24) is 5.32 Å². The molecule has 2 aliphatic carbocycles. The minimum atomic E-state index is -1.13. The number of carbonyl (C=O) groups is 2. The van der Waals surface area contributed by atoms with Gasteiger partial charge in [0.1, 0.15) is 12.1 Å². The summed E-state index contributed by atoms with van der Waals surface area (Å²) in [5, 5.41) is 2.82. The quantitative estimate of drug-likeness (QED) is 0.680. The molecule has 170 valence electrons. The third kappa shape index (κ3) is 4.37. The first kappa shape index (κ1) is 22.3. The molecule has 0 spiro atoms. The van der Waals surface area contributed by atoms with Crippen molar-refractivity contribution in [2.45, 2.75) is 63.2 Å². The molecule has 1 amide bonds. The van der Waals surface area contributed by atoms with Gasteiger partial charge in [-0.1, -0.05) is 48.5 Å². The van der Waals surface area contributed by atoms with Gasteiger partial charge in [-0.15, -0.1) is 0 Å². The van der Waals surface area contributed by atoms with Crippen molar-refractivity contribution in [3.8, 4) is 11.1 Å². The summed E-state index contributed by atoms with van der Waals surface area (Å²) in [4.78, 5) is 25.4. The Bertz CT molecular complexity index is 966. The van der Waals surface area contributed by atoms with Crippen LogP contribution in [-0.4, -0.2) is 43.0 Å². The molecule has 0 saturated heterocycles. The lowest BCUT2D eigenvalue weighted by Gasteiger charge is -2.29. The van der Waals surface area contributed by atoms with Gasteiger partial charge in [0.15, 0.2) is 0 Å². The smallest absolute Gasteiger partial charge is 0.408 e. The van der Waals surface area contributed by atoms with Crippen LogP contribution >= 0.6 is 0 Å². The van der Waals surface area contributed by atoms with Gasteiger partial charge in [-0.25, -0.2) is 9.59 Å². The van der Waals surface area contributed by atoms with E-state index in [1.807, 2.05) is 45.0 Å². The highest BCUT2D eigenvalue weighted by Crippen LogP contribution is 2.44. The van der Waals surface area contributed by atoms with E-state index in [-0.39, 0.29) is 24.2 Å². The van der Waals surface area contributed by atoms with Crippen molar-refractivity contribution in [1.29, 1.82) is 0 Å². The molecular formula is C26H31NO5. The molecule has 1 saturated carbocycles. The molecule has 2 atom stereocenters. The first-order chi connectivity index (χ1) is 15.2. The Morgan fingerprint density at radius 1 is 1.03 bits per heavy atom. The van der Waals surface area contributed by atoms with Gasteiger partial charge >= 0.3 is 12.1 Å². The van der Waals surface area contributed by atoms with E-state index in [2.05, 4.69) is 29.6 Å². The van der Waals surface area contributed by atoms with E-state index in [1.54, 1.807) is 0 Å². The van der Waals surface area contributed by atoms with E-state index in [9.17, 15) is 9.59 Å². The van der Waals surface area contributed by atoms with Gasteiger partial charge in [0.25, 0.3) is 0 Å². The Hall–Kier alpha value is -2.86. The monoisotopic (exact) mass is 437 g/mol.